The normalized spacial score (nSPS) is 20.1. The first-order valence-electron chi connectivity index (χ1n) is 7.05. The second-order valence-electron chi connectivity index (χ2n) is 5.47. The van der Waals surface area contributed by atoms with E-state index in [4.69, 9.17) is 5.26 Å². The van der Waals surface area contributed by atoms with Crippen LogP contribution in [0.1, 0.15) is 32.1 Å². The van der Waals surface area contributed by atoms with Crippen LogP contribution in [0.15, 0.2) is 12.4 Å². The van der Waals surface area contributed by atoms with Gasteiger partial charge in [0, 0.05) is 31.6 Å². The van der Waals surface area contributed by atoms with Crippen molar-refractivity contribution in [3.05, 3.63) is 12.4 Å². The molecule has 1 saturated heterocycles. The lowest BCUT2D eigenvalue weighted by Gasteiger charge is -2.31. The van der Waals surface area contributed by atoms with Crippen molar-refractivity contribution in [3.63, 3.8) is 0 Å². The Kier molecular flexibility index (Phi) is 3.49. The summed E-state index contributed by atoms with van der Waals surface area (Å²) in [7, 11) is 0. The Hall–Kier alpha value is -1.83. The maximum atomic E-state index is 8.74. The van der Waals surface area contributed by atoms with Crippen molar-refractivity contribution >= 4 is 11.6 Å². The Morgan fingerprint density at radius 3 is 2.74 bits per heavy atom. The molecule has 5 nitrogen and oxygen atoms in total. The Labute approximate surface area is 113 Å². The summed E-state index contributed by atoms with van der Waals surface area (Å²) in [5, 5.41) is 12.1. The van der Waals surface area contributed by atoms with Crippen LogP contribution in [-0.2, 0) is 0 Å². The standard InChI is InChI=1S/C14H19N5/c15-6-3-11-4-7-19(8-5-11)14-9-13(16-10-17-14)18-12-1-2-12/h9-12H,1-5,7-8H2,(H,16,17,18). The molecule has 5 heteroatoms. The van der Waals surface area contributed by atoms with Gasteiger partial charge in [-0.1, -0.05) is 0 Å². The highest BCUT2D eigenvalue weighted by Gasteiger charge is 2.23. The van der Waals surface area contributed by atoms with Crippen LogP contribution in [0, 0.1) is 17.2 Å². The minimum Gasteiger partial charge on any atom is -0.367 e. The molecule has 1 aromatic rings. The van der Waals surface area contributed by atoms with Crippen LogP contribution in [0.25, 0.3) is 0 Å². The van der Waals surface area contributed by atoms with E-state index in [1.807, 2.05) is 6.07 Å². The molecule has 1 aliphatic heterocycles. The van der Waals surface area contributed by atoms with Crippen molar-refractivity contribution in [2.75, 3.05) is 23.3 Å². The van der Waals surface area contributed by atoms with Gasteiger partial charge in [-0.15, -0.1) is 0 Å². The maximum absolute atomic E-state index is 8.74. The van der Waals surface area contributed by atoms with Crippen LogP contribution < -0.4 is 10.2 Å². The van der Waals surface area contributed by atoms with Gasteiger partial charge in [0.25, 0.3) is 0 Å². The van der Waals surface area contributed by atoms with E-state index in [1.54, 1.807) is 6.33 Å². The van der Waals surface area contributed by atoms with E-state index < -0.39 is 0 Å². The first-order chi connectivity index (χ1) is 9.35. The fraction of sp³-hybridized carbons (Fsp3) is 0.643. The van der Waals surface area contributed by atoms with Crippen LogP contribution in [-0.4, -0.2) is 29.1 Å². The highest BCUT2D eigenvalue weighted by Crippen LogP contribution is 2.27. The third kappa shape index (κ3) is 3.14. The van der Waals surface area contributed by atoms with Crippen molar-refractivity contribution in [3.8, 4) is 6.07 Å². The minimum atomic E-state index is 0.562. The van der Waals surface area contributed by atoms with Gasteiger partial charge in [0.2, 0.25) is 0 Å². The highest BCUT2D eigenvalue weighted by molar-refractivity contribution is 5.49. The van der Waals surface area contributed by atoms with E-state index >= 15 is 0 Å². The summed E-state index contributed by atoms with van der Waals surface area (Å²) in [6, 6.07) is 4.94. The van der Waals surface area contributed by atoms with E-state index in [0.717, 1.165) is 37.6 Å². The summed E-state index contributed by atoms with van der Waals surface area (Å²) in [4.78, 5) is 10.9. The predicted octanol–water partition coefficient (Wildman–Crippen LogP) is 2.18. The monoisotopic (exact) mass is 257 g/mol. The smallest absolute Gasteiger partial charge is 0.134 e. The first-order valence-corrected chi connectivity index (χ1v) is 7.05. The lowest BCUT2D eigenvalue weighted by atomic mass is 9.94. The second-order valence-corrected chi connectivity index (χ2v) is 5.47. The van der Waals surface area contributed by atoms with E-state index in [0.29, 0.717) is 18.4 Å². The molecule has 0 atom stereocenters. The molecule has 19 heavy (non-hydrogen) atoms. The number of nitrogens with one attached hydrogen (secondary N) is 1. The third-order valence-corrected chi connectivity index (χ3v) is 3.90. The molecule has 0 spiro atoms. The van der Waals surface area contributed by atoms with Crippen LogP contribution >= 0.6 is 0 Å². The molecular weight excluding hydrogens is 238 g/mol. The first kappa shape index (κ1) is 12.2. The van der Waals surface area contributed by atoms with Gasteiger partial charge in [-0.3, -0.25) is 0 Å². The highest BCUT2D eigenvalue weighted by atomic mass is 15.2. The summed E-state index contributed by atoms with van der Waals surface area (Å²) in [5.41, 5.74) is 0. The Balaban J connectivity index is 1.61. The molecule has 1 aliphatic carbocycles. The average Bonchev–Trinajstić information content (AvgIpc) is 3.24. The summed E-state index contributed by atoms with van der Waals surface area (Å²) in [6.45, 7) is 1.98. The summed E-state index contributed by atoms with van der Waals surface area (Å²) >= 11 is 0. The lowest BCUT2D eigenvalue weighted by Crippen LogP contribution is -2.34. The number of aromatic nitrogens is 2. The Bertz CT molecular complexity index is 469. The average molecular weight is 257 g/mol. The number of anilines is 2. The molecule has 1 aromatic heterocycles. The predicted molar refractivity (Wildman–Crippen MR) is 73.8 cm³/mol. The Morgan fingerprint density at radius 2 is 2.05 bits per heavy atom. The van der Waals surface area contributed by atoms with Crippen molar-refractivity contribution in [1.29, 1.82) is 5.26 Å². The fourth-order valence-corrected chi connectivity index (χ4v) is 2.53. The lowest BCUT2D eigenvalue weighted by molar-refractivity contribution is 0.411. The van der Waals surface area contributed by atoms with Crippen molar-refractivity contribution in [2.24, 2.45) is 5.92 Å². The quantitative estimate of drug-likeness (QED) is 0.895. The molecule has 2 heterocycles. The SMILES string of the molecule is N#CCC1CCN(c2cc(NC3CC3)ncn2)CC1. The molecule has 3 rings (SSSR count). The van der Waals surface area contributed by atoms with E-state index in [9.17, 15) is 0 Å². The van der Waals surface area contributed by atoms with Crippen molar-refractivity contribution < 1.29 is 0 Å². The second kappa shape index (κ2) is 5.43. The third-order valence-electron chi connectivity index (χ3n) is 3.90. The molecule has 2 aliphatic rings. The van der Waals surface area contributed by atoms with Gasteiger partial charge in [0.15, 0.2) is 0 Å². The maximum Gasteiger partial charge on any atom is 0.134 e. The van der Waals surface area contributed by atoms with Gasteiger partial charge >= 0.3 is 0 Å². The molecule has 1 N–H and O–H groups in total. The van der Waals surface area contributed by atoms with Crippen molar-refractivity contribution in [2.45, 2.75) is 38.1 Å². The fourth-order valence-electron chi connectivity index (χ4n) is 2.53. The zero-order valence-electron chi connectivity index (χ0n) is 11.0. The molecule has 0 unspecified atom stereocenters. The Morgan fingerprint density at radius 1 is 1.26 bits per heavy atom. The van der Waals surface area contributed by atoms with Gasteiger partial charge in [0.1, 0.15) is 18.0 Å². The number of piperidine rings is 1. The topological polar surface area (TPSA) is 64.8 Å². The molecule has 1 saturated carbocycles. The van der Waals surface area contributed by atoms with Gasteiger partial charge in [0.05, 0.1) is 6.07 Å². The molecule has 0 aromatic carbocycles. The van der Waals surface area contributed by atoms with Gasteiger partial charge in [-0.2, -0.15) is 5.26 Å². The molecular formula is C14H19N5. The zero-order valence-corrected chi connectivity index (χ0v) is 11.0. The largest absolute Gasteiger partial charge is 0.367 e. The number of rotatable bonds is 4. The number of hydrogen-bond acceptors (Lipinski definition) is 5. The number of nitrogens with zero attached hydrogens (tertiary/aromatic N) is 4. The van der Waals surface area contributed by atoms with Crippen LogP contribution in [0.4, 0.5) is 11.6 Å². The molecule has 0 bridgehead atoms. The molecule has 100 valence electrons. The number of nitriles is 1. The molecule has 2 fully saturated rings. The van der Waals surface area contributed by atoms with E-state index in [2.05, 4.69) is 26.3 Å². The zero-order chi connectivity index (χ0) is 13.1. The molecule has 0 amide bonds. The van der Waals surface area contributed by atoms with Crippen LogP contribution in [0.2, 0.25) is 0 Å². The van der Waals surface area contributed by atoms with E-state index in [1.165, 1.54) is 12.8 Å². The van der Waals surface area contributed by atoms with Crippen molar-refractivity contribution in [1.82, 2.24) is 9.97 Å². The minimum absolute atomic E-state index is 0.562. The van der Waals surface area contributed by atoms with Crippen LogP contribution in [0.5, 0.6) is 0 Å². The summed E-state index contributed by atoms with van der Waals surface area (Å²) in [5.74, 6) is 2.51. The molecule has 0 radical (unpaired) electrons. The van der Waals surface area contributed by atoms with Gasteiger partial charge in [-0.25, -0.2) is 9.97 Å². The van der Waals surface area contributed by atoms with Gasteiger partial charge < -0.3 is 10.2 Å². The van der Waals surface area contributed by atoms with Gasteiger partial charge in [-0.05, 0) is 31.6 Å². The van der Waals surface area contributed by atoms with Crippen LogP contribution in [0.3, 0.4) is 0 Å². The van der Waals surface area contributed by atoms with E-state index in [-0.39, 0.29) is 0 Å². The summed E-state index contributed by atoms with van der Waals surface area (Å²) < 4.78 is 0. The summed E-state index contributed by atoms with van der Waals surface area (Å²) in [6.07, 6.45) is 7.00. The number of hydrogen-bond donors (Lipinski definition) is 1.